The van der Waals surface area contributed by atoms with Gasteiger partial charge in [0.1, 0.15) is 5.75 Å². The molecule has 0 saturated heterocycles. The first-order chi connectivity index (χ1) is 7.60. The van der Waals surface area contributed by atoms with Crippen LogP contribution < -0.4 is 4.74 Å². The molecule has 0 amide bonds. The second-order valence-electron chi connectivity index (χ2n) is 4.17. The van der Waals surface area contributed by atoms with Gasteiger partial charge in [0.2, 0.25) is 0 Å². The number of methoxy groups -OCH3 is 1. The van der Waals surface area contributed by atoms with E-state index < -0.39 is 0 Å². The van der Waals surface area contributed by atoms with Crippen LogP contribution in [0.4, 0.5) is 0 Å². The SMILES string of the molecule is COc1cc(C(C)C)c(Cl)cc1CCCO. The molecule has 0 atom stereocenters. The summed E-state index contributed by atoms with van der Waals surface area (Å²) in [5.74, 6) is 1.25. The summed E-state index contributed by atoms with van der Waals surface area (Å²) < 4.78 is 5.35. The lowest BCUT2D eigenvalue weighted by molar-refractivity contribution is 0.287. The minimum absolute atomic E-state index is 0.187. The van der Waals surface area contributed by atoms with E-state index in [-0.39, 0.29) is 6.61 Å². The second-order valence-corrected chi connectivity index (χ2v) is 4.57. The minimum Gasteiger partial charge on any atom is -0.496 e. The Bertz CT molecular complexity index is 348. The van der Waals surface area contributed by atoms with E-state index in [1.165, 1.54) is 0 Å². The molecule has 90 valence electrons. The van der Waals surface area contributed by atoms with Crippen LogP contribution in [0.3, 0.4) is 0 Å². The van der Waals surface area contributed by atoms with Gasteiger partial charge in [-0.2, -0.15) is 0 Å². The molecule has 1 rings (SSSR count). The molecule has 0 bridgehead atoms. The highest BCUT2D eigenvalue weighted by molar-refractivity contribution is 6.31. The normalized spacial score (nSPS) is 10.9. The van der Waals surface area contributed by atoms with E-state index in [1.807, 2.05) is 12.1 Å². The van der Waals surface area contributed by atoms with Crippen LogP contribution >= 0.6 is 11.6 Å². The molecule has 2 nitrogen and oxygen atoms in total. The Morgan fingerprint density at radius 3 is 2.56 bits per heavy atom. The van der Waals surface area contributed by atoms with Gasteiger partial charge in [-0.3, -0.25) is 0 Å². The molecule has 0 radical (unpaired) electrons. The van der Waals surface area contributed by atoms with Gasteiger partial charge in [0.05, 0.1) is 7.11 Å². The molecule has 1 aromatic carbocycles. The highest BCUT2D eigenvalue weighted by atomic mass is 35.5. The van der Waals surface area contributed by atoms with Crippen LogP contribution in [0.2, 0.25) is 5.02 Å². The van der Waals surface area contributed by atoms with Crippen molar-refractivity contribution in [3.63, 3.8) is 0 Å². The molecule has 0 spiro atoms. The summed E-state index contributed by atoms with van der Waals surface area (Å²) in [5, 5.41) is 9.61. The molecule has 0 aliphatic rings. The van der Waals surface area contributed by atoms with Gasteiger partial charge in [-0.15, -0.1) is 0 Å². The number of aliphatic hydroxyl groups is 1. The summed E-state index contributed by atoms with van der Waals surface area (Å²) in [6, 6.07) is 3.95. The fourth-order valence-electron chi connectivity index (χ4n) is 1.71. The topological polar surface area (TPSA) is 29.5 Å². The second kappa shape index (κ2) is 6.12. The van der Waals surface area contributed by atoms with Crippen LogP contribution in [-0.4, -0.2) is 18.8 Å². The maximum atomic E-state index is 8.83. The number of hydrogen-bond donors (Lipinski definition) is 1. The number of hydrogen-bond acceptors (Lipinski definition) is 2. The third-order valence-electron chi connectivity index (χ3n) is 2.63. The molecule has 1 N–H and O–H groups in total. The van der Waals surface area contributed by atoms with Crippen molar-refractivity contribution < 1.29 is 9.84 Å². The summed E-state index contributed by atoms with van der Waals surface area (Å²) in [6.45, 7) is 4.40. The Balaban J connectivity index is 3.05. The van der Waals surface area contributed by atoms with Crippen molar-refractivity contribution in [1.82, 2.24) is 0 Å². The fourth-order valence-corrected chi connectivity index (χ4v) is 2.11. The van der Waals surface area contributed by atoms with E-state index in [0.717, 1.165) is 34.7 Å². The van der Waals surface area contributed by atoms with E-state index in [4.69, 9.17) is 21.4 Å². The first-order valence-electron chi connectivity index (χ1n) is 5.57. The summed E-state index contributed by atoms with van der Waals surface area (Å²) in [7, 11) is 1.66. The average molecular weight is 243 g/mol. The molecule has 0 fully saturated rings. The van der Waals surface area contributed by atoms with Gasteiger partial charge in [-0.05, 0) is 42.0 Å². The molecule has 0 aliphatic carbocycles. The van der Waals surface area contributed by atoms with E-state index in [2.05, 4.69) is 13.8 Å². The molecular weight excluding hydrogens is 224 g/mol. The lowest BCUT2D eigenvalue weighted by atomic mass is 9.99. The van der Waals surface area contributed by atoms with Crippen LogP contribution in [0.5, 0.6) is 5.75 Å². The van der Waals surface area contributed by atoms with Crippen molar-refractivity contribution in [1.29, 1.82) is 0 Å². The lowest BCUT2D eigenvalue weighted by Crippen LogP contribution is -1.98. The number of ether oxygens (including phenoxy) is 1. The van der Waals surface area contributed by atoms with Crippen LogP contribution in [0.25, 0.3) is 0 Å². The molecule has 1 aromatic rings. The van der Waals surface area contributed by atoms with Crippen LogP contribution in [-0.2, 0) is 6.42 Å². The number of rotatable bonds is 5. The van der Waals surface area contributed by atoms with Gasteiger partial charge in [0.25, 0.3) is 0 Å². The van der Waals surface area contributed by atoms with Gasteiger partial charge in [0.15, 0.2) is 0 Å². The predicted molar refractivity (Wildman–Crippen MR) is 67.5 cm³/mol. The van der Waals surface area contributed by atoms with Crippen molar-refractivity contribution in [2.45, 2.75) is 32.6 Å². The molecule has 0 heterocycles. The van der Waals surface area contributed by atoms with Gasteiger partial charge in [-0.1, -0.05) is 25.4 Å². The van der Waals surface area contributed by atoms with E-state index >= 15 is 0 Å². The van der Waals surface area contributed by atoms with Crippen molar-refractivity contribution in [3.8, 4) is 5.75 Å². The predicted octanol–water partition coefficient (Wildman–Crippen LogP) is 3.40. The van der Waals surface area contributed by atoms with Crippen molar-refractivity contribution >= 4 is 11.6 Å². The first kappa shape index (κ1) is 13.3. The monoisotopic (exact) mass is 242 g/mol. The highest BCUT2D eigenvalue weighted by Gasteiger charge is 2.11. The summed E-state index contributed by atoms with van der Waals surface area (Å²) >= 11 is 6.21. The van der Waals surface area contributed by atoms with Crippen LogP contribution in [0, 0.1) is 0 Å². The fraction of sp³-hybridized carbons (Fsp3) is 0.538. The van der Waals surface area contributed by atoms with Gasteiger partial charge >= 0.3 is 0 Å². The highest BCUT2D eigenvalue weighted by Crippen LogP contribution is 2.32. The summed E-state index contributed by atoms with van der Waals surface area (Å²) in [4.78, 5) is 0. The number of aryl methyl sites for hydroxylation is 1. The molecule has 0 unspecified atom stereocenters. The Morgan fingerprint density at radius 2 is 2.06 bits per heavy atom. The maximum Gasteiger partial charge on any atom is 0.122 e. The molecule has 3 heteroatoms. The van der Waals surface area contributed by atoms with E-state index in [0.29, 0.717) is 5.92 Å². The van der Waals surface area contributed by atoms with Gasteiger partial charge in [-0.25, -0.2) is 0 Å². The van der Waals surface area contributed by atoms with Gasteiger partial charge < -0.3 is 9.84 Å². The Kier molecular flexibility index (Phi) is 5.10. The zero-order chi connectivity index (χ0) is 12.1. The number of halogens is 1. The number of benzene rings is 1. The smallest absolute Gasteiger partial charge is 0.122 e. The first-order valence-corrected chi connectivity index (χ1v) is 5.95. The van der Waals surface area contributed by atoms with Crippen molar-refractivity contribution in [2.75, 3.05) is 13.7 Å². The third-order valence-corrected chi connectivity index (χ3v) is 2.95. The van der Waals surface area contributed by atoms with Crippen LogP contribution in [0.1, 0.15) is 37.3 Å². The average Bonchev–Trinajstić information content (AvgIpc) is 2.25. The van der Waals surface area contributed by atoms with E-state index in [1.54, 1.807) is 7.11 Å². The molecule has 16 heavy (non-hydrogen) atoms. The van der Waals surface area contributed by atoms with Crippen molar-refractivity contribution in [2.24, 2.45) is 0 Å². The van der Waals surface area contributed by atoms with E-state index in [9.17, 15) is 0 Å². The molecule has 0 saturated carbocycles. The summed E-state index contributed by atoms with van der Waals surface area (Å²) in [6.07, 6.45) is 1.52. The Labute approximate surface area is 102 Å². The third kappa shape index (κ3) is 3.13. The Hall–Kier alpha value is -0.730. The van der Waals surface area contributed by atoms with Gasteiger partial charge in [0, 0.05) is 11.6 Å². The lowest BCUT2D eigenvalue weighted by Gasteiger charge is -2.14. The summed E-state index contributed by atoms with van der Waals surface area (Å²) in [5.41, 5.74) is 2.16. The molecule has 0 aliphatic heterocycles. The zero-order valence-corrected chi connectivity index (χ0v) is 10.8. The quantitative estimate of drug-likeness (QED) is 0.858. The molecule has 0 aromatic heterocycles. The minimum atomic E-state index is 0.187. The Morgan fingerprint density at radius 1 is 1.38 bits per heavy atom. The largest absolute Gasteiger partial charge is 0.496 e. The zero-order valence-electron chi connectivity index (χ0n) is 10.1. The van der Waals surface area contributed by atoms with Crippen molar-refractivity contribution in [3.05, 3.63) is 28.3 Å². The standard InChI is InChI=1S/C13H19ClO2/c1-9(2)11-8-13(16-3)10(5-4-6-15)7-12(11)14/h7-9,15H,4-6H2,1-3H3. The molecular formula is C13H19ClO2. The number of aliphatic hydroxyl groups excluding tert-OH is 1. The maximum absolute atomic E-state index is 8.83. The van der Waals surface area contributed by atoms with Crippen LogP contribution in [0.15, 0.2) is 12.1 Å².